The van der Waals surface area contributed by atoms with Crippen molar-refractivity contribution in [1.29, 1.82) is 0 Å². The zero-order valence-corrected chi connectivity index (χ0v) is 11.9. The summed E-state index contributed by atoms with van der Waals surface area (Å²) in [5.74, 6) is -1.09. The van der Waals surface area contributed by atoms with Crippen LogP contribution >= 0.6 is 23.2 Å². The third kappa shape index (κ3) is 4.75. The van der Waals surface area contributed by atoms with Crippen molar-refractivity contribution >= 4 is 35.3 Å². The first-order valence-corrected chi connectivity index (χ1v) is 6.41. The summed E-state index contributed by atoms with van der Waals surface area (Å²) in [4.78, 5) is 22.4. The third-order valence-electron chi connectivity index (χ3n) is 2.36. The van der Waals surface area contributed by atoms with Crippen LogP contribution in [0.1, 0.15) is 18.0 Å². The maximum Gasteiger partial charge on any atom is 0.407 e. The largest absolute Gasteiger partial charge is 0.481 e. The van der Waals surface area contributed by atoms with Gasteiger partial charge in [-0.2, -0.15) is 0 Å². The lowest BCUT2D eigenvalue weighted by Gasteiger charge is -2.18. The smallest absolute Gasteiger partial charge is 0.407 e. The third-order valence-corrected chi connectivity index (χ3v) is 3.19. The van der Waals surface area contributed by atoms with Gasteiger partial charge < -0.3 is 15.2 Å². The fraction of sp³-hybridized carbons (Fsp3) is 0.231. The Labute approximate surface area is 126 Å². The maximum atomic E-state index is 11.5. The van der Waals surface area contributed by atoms with E-state index in [0.29, 0.717) is 5.56 Å². The van der Waals surface area contributed by atoms with Crippen LogP contribution in [-0.4, -0.2) is 23.8 Å². The van der Waals surface area contributed by atoms with Crippen molar-refractivity contribution in [3.05, 3.63) is 46.5 Å². The van der Waals surface area contributed by atoms with E-state index in [-0.39, 0.29) is 23.1 Å². The minimum absolute atomic E-state index is 0.0227. The van der Waals surface area contributed by atoms with E-state index in [9.17, 15) is 9.59 Å². The van der Waals surface area contributed by atoms with Crippen LogP contribution in [0.2, 0.25) is 10.0 Å². The second-order valence-electron chi connectivity index (χ2n) is 3.82. The van der Waals surface area contributed by atoms with E-state index in [4.69, 9.17) is 33.0 Å². The van der Waals surface area contributed by atoms with Gasteiger partial charge in [0.05, 0.1) is 22.5 Å². The highest BCUT2D eigenvalue weighted by Gasteiger charge is 2.22. The second-order valence-corrected chi connectivity index (χ2v) is 4.61. The Morgan fingerprint density at radius 3 is 2.75 bits per heavy atom. The molecule has 0 aliphatic carbocycles. The molecule has 0 saturated carbocycles. The Kier molecular flexibility index (Phi) is 6.35. The van der Waals surface area contributed by atoms with E-state index in [1.807, 2.05) is 0 Å². The fourth-order valence-corrected chi connectivity index (χ4v) is 1.96. The molecule has 0 radical (unpaired) electrons. The van der Waals surface area contributed by atoms with Gasteiger partial charge in [-0.15, -0.1) is 0 Å². The molecule has 2 N–H and O–H groups in total. The van der Waals surface area contributed by atoms with E-state index < -0.39 is 18.1 Å². The molecule has 108 valence electrons. The van der Waals surface area contributed by atoms with Gasteiger partial charge in [0.25, 0.3) is 0 Å². The number of hydrogen-bond donors (Lipinski definition) is 2. The summed E-state index contributed by atoms with van der Waals surface area (Å²) in [6.07, 6.45) is 0.300. The molecule has 1 aromatic rings. The quantitative estimate of drug-likeness (QED) is 0.788. The van der Waals surface area contributed by atoms with E-state index in [0.717, 1.165) is 0 Å². The van der Waals surface area contributed by atoms with Gasteiger partial charge in [0.15, 0.2) is 0 Å². The minimum atomic E-state index is -1.09. The predicted molar refractivity (Wildman–Crippen MR) is 76.1 cm³/mol. The van der Waals surface area contributed by atoms with Crippen LogP contribution in [0.25, 0.3) is 0 Å². The summed E-state index contributed by atoms with van der Waals surface area (Å²) < 4.78 is 4.76. The lowest BCUT2D eigenvalue weighted by Crippen LogP contribution is -2.31. The summed E-state index contributed by atoms with van der Waals surface area (Å²) in [5, 5.41) is 11.8. The molecule has 0 aromatic heterocycles. The van der Waals surface area contributed by atoms with Gasteiger partial charge in [-0.05, 0) is 11.6 Å². The average Bonchev–Trinajstić information content (AvgIpc) is 2.38. The van der Waals surface area contributed by atoms with Crippen molar-refractivity contribution in [1.82, 2.24) is 5.32 Å². The van der Waals surface area contributed by atoms with E-state index in [2.05, 4.69) is 11.9 Å². The number of nitrogens with one attached hydrogen (secondary N) is 1. The van der Waals surface area contributed by atoms with Crippen molar-refractivity contribution in [3.8, 4) is 0 Å². The number of alkyl carbamates (subject to hydrolysis) is 1. The number of rotatable bonds is 6. The van der Waals surface area contributed by atoms with Gasteiger partial charge in [0, 0.05) is 0 Å². The summed E-state index contributed by atoms with van der Waals surface area (Å²) in [6.45, 7) is 3.43. The summed E-state index contributed by atoms with van der Waals surface area (Å²) >= 11 is 11.9. The van der Waals surface area contributed by atoms with Crippen LogP contribution in [0.3, 0.4) is 0 Å². The molecular formula is C13H13Cl2NO4. The number of hydrogen-bond acceptors (Lipinski definition) is 3. The highest BCUT2D eigenvalue weighted by molar-refractivity contribution is 6.42. The summed E-state index contributed by atoms with van der Waals surface area (Å²) in [6, 6.07) is 3.95. The normalized spacial score (nSPS) is 11.5. The Hall–Kier alpha value is -1.72. The van der Waals surface area contributed by atoms with Gasteiger partial charge in [-0.3, -0.25) is 4.79 Å². The zero-order chi connectivity index (χ0) is 15.1. The van der Waals surface area contributed by atoms with Crippen LogP contribution in [0.15, 0.2) is 30.9 Å². The molecule has 0 fully saturated rings. The van der Waals surface area contributed by atoms with E-state index >= 15 is 0 Å². The number of carbonyl (C=O) groups excluding carboxylic acids is 1. The number of carbonyl (C=O) groups is 2. The topological polar surface area (TPSA) is 75.6 Å². The molecule has 0 saturated heterocycles. The molecule has 0 bridgehead atoms. The minimum Gasteiger partial charge on any atom is -0.481 e. The SMILES string of the molecule is C=CCOC(=O)N[C@@H](CC(=O)O)c1cccc(Cl)c1Cl. The Bertz CT molecular complexity index is 519. The van der Waals surface area contributed by atoms with E-state index in [1.165, 1.54) is 6.08 Å². The summed E-state index contributed by atoms with van der Waals surface area (Å²) in [5.41, 5.74) is 0.414. The number of amides is 1. The van der Waals surface area contributed by atoms with Crippen molar-refractivity contribution in [2.45, 2.75) is 12.5 Å². The molecule has 5 nitrogen and oxygen atoms in total. The average molecular weight is 318 g/mol. The molecule has 1 rings (SSSR count). The molecule has 0 unspecified atom stereocenters. The molecular weight excluding hydrogens is 305 g/mol. The number of carboxylic acids is 1. The van der Waals surface area contributed by atoms with Gasteiger partial charge in [0.1, 0.15) is 6.61 Å². The first-order valence-electron chi connectivity index (χ1n) is 5.65. The first-order chi connectivity index (χ1) is 9.45. The maximum absolute atomic E-state index is 11.5. The van der Waals surface area contributed by atoms with Crippen LogP contribution in [0.4, 0.5) is 4.79 Å². The van der Waals surface area contributed by atoms with Gasteiger partial charge in [0.2, 0.25) is 0 Å². The van der Waals surface area contributed by atoms with Gasteiger partial charge in [-0.1, -0.05) is 48.0 Å². The molecule has 0 heterocycles. The molecule has 1 atom stereocenters. The Balaban J connectivity index is 2.94. The molecule has 1 amide bonds. The van der Waals surface area contributed by atoms with Crippen molar-refractivity contribution in [2.75, 3.05) is 6.61 Å². The second kappa shape index (κ2) is 7.77. The fourth-order valence-electron chi connectivity index (χ4n) is 1.52. The van der Waals surface area contributed by atoms with Crippen LogP contribution < -0.4 is 5.32 Å². The van der Waals surface area contributed by atoms with Gasteiger partial charge >= 0.3 is 12.1 Å². The highest BCUT2D eigenvalue weighted by Crippen LogP contribution is 2.31. The number of carboxylic acid groups (broad SMARTS) is 1. The van der Waals surface area contributed by atoms with Crippen molar-refractivity contribution < 1.29 is 19.4 Å². The highest BCUT2D eigenvalue weighted by atomic mass is 35.5. The first kappa shape index (κ1) is 16.3. The van der Waals surface area contributed by atoms with Crippen molar-refractivity contribution in [2.24, 2.45) is 0 Å². The molecule has 7 heteroatoms. The molecule has 1 aromatic carbocycles. The Morgan fingerprint density at radius 1 is 1.45 bits per heavy atom. The van der Waals surface area contributed by atoms with Crippen LogP contribution in [0, 0.1) is 0 Å². The number of ether oxygens (including phenoxy) is 1. The summed E-state index contributed by atoms with van der Waals surface area (Å²) in [7, 11) is 0. The molecule has 0 aliphatic heterocycles. The van der Waals surface area contributed by atoms with Crippen LogP contribution in [-0.2, 0) is 9.53 Å². The monoisotopic (exact) mass is 317 g/mol. The Morgan fingerprint density at radius 2 is 2.15 bits per heavy atom. The lowest BCUT2D eigenvalue weighted by atomic mass is 10.0. The predicted octanol–water partition coefficient (Wildman–Crippen LogP) is 3.42. The molecule has 20 heavy (non-hydrogen) atoms. The van der Waals surface area contributed by atoms with E-state index in [1.54, 1.807) is 18.2 Å². The lowest BCUT2D eigenvalue weighted by molar-refractivity contribution is -0.137. The molecule has 0 spiro atoms. The zero-order valence-electron chi connectivity index (χ0n) is 10.4. The van der Waals surface area contributed by atoms with Crippen molar-refractivity contribution in [3.63, 3.8) is 0 Å². The number of aliphatic carboxylic acids is 1. The van der Waals surface area contributed by atoms with Gasteiger partial charge in [-0.25, -0.2) is 4.79 Å². The number of halogens is 2. The number of benzene rings is 1. The van der Waals surface area contributed by atoms with Crippen LogP contribution in [0.5, 0.6) is 0 Å². The molecule has 0 aliphatic rings. The standard InChI is InChI=1S/C13H13Cl2NO4/c1-2-6-20-13(19)16-10(7-11(17)18)8-4-3-5-9(14)12(8)15/h2-5,10H,1,6-7H2,(H,16,19)(H,17,18)/t10-/m0/s1.